The molecule has 3 nitrogen and oxygen atoms in total. The van der Waals surface area contributed by atoms with Crippen LogP contribution in [-0.2, 0) is 4.79 Å². The topological polar surface area (TPSA) is 35.5 Å². The molecule has 0 atom stereocenters. The van der Waals surface area contributed by atoms with E-state index in [2.05, 4.69) is 6.58 Å². The summed E-state index contributed by atoms with van der Waals surface area (Å²) in [6.45, 7) is 3.22. The molecule has 108 valence electrons. The number of esters is 1. The second-order valence-corrected chi connectivity index (χ2v) is 4.12. The van der Waals surface area contributed by atoms with E-state index in [1.54, 1.807) is 6.07 Å². The molecule has 0 aliphatic rings. The summed E-state index contributed by atoms with van der Waals surface area (Å²) < 4.78 is 37.4. The molecular weight excluding hydrogens is 278 g/mol. The molecule has 0 amide bonds. The Morgan fingerprint density at radius 1 is 1.14 bits per heavy atom. The zero-order chi connectivity index (χ0) is 15.4. The fraction of sp³-hybridized carbons (Fsp3) is 0.0625. The van der Waals surface area contributed by atoms with Gasteiger partial charge in [0.15, 0.2) is 11.6 Å². The van der Waals surface area contributed by atoms with Gasteiger partial charge in [0.1, 0.15) is 11.6 Å². The van der Waals surface area contributed by atoms with Crippen LogP contribution in [0.3, 0.4) is 0 Å². The maximum Gasteiger partial charge on any atom is 0.335 e. The molecule has 2 rings (SSSR count). The standard InChI is InChI=1S/C16H12F2O3/c1-3-16(19)21-15-7-4-10(8-14(15)18)12-6-5-11(20-2)9-13(12)17/h3-9H,1H2,2H3. The van der Waals surface area contributed by atoms with Gasteiger partial charge in [-0.2, -0.15) is 0 Å². The molecule has 0 unspecified atom stereocenters. The van der Waals surface area contributed by atoms with Crippen LogP contribution in [0, 0.1) is 11.6 Å². The first-order chi connectivity index (χ1) is 10.0. The van der Waals surface area contributed by atoms with Crippen molar-refractivity contribution < 1.29 is 23.0 Å². The largest absolute Gasteiger partial charge is 0.497 e. The van der Waals surface area contributed by atoms with E-state index in [0.29, 0.717) is 11.3 Å². The Labute approximate surface area is 120 Å². The van der Waals surface area contributed by atoms with E-state index in [4.69, 9.17) is 9.47 Å². The lowest BCUT2D eigenvalue weighted by Gasteiger charge is -2.08. The fourth-order valence-corrected chi connectivity index (χ4v) is 1.76. The summed E-state index contributed by atoms with van der Waals surface area (Å²) in [5.41, 5.74) is 0.544. The summed E-state index contributed by atoms with van der Waals surface area (Å²) in [5, 5.41) is 0. The molecule has 0 spiro atoms. The third-order valence-corrected chi connectivity index (χ3v) is 2.80. The molecule has 2 aromatic rings. The van der Waals surface area contributed by atoms with Crippen molar-refractivity contribution in [1.82, 2.24) is 0 Å². The third kappa shape index (κ3) is 3.25. The van der Waals surface area contributed by atoms with Crippen molar-refractivity contribution >= 4 is 5.97 Å². The number of halogens is 2. The van der Waals surface area contributed by atoms with Crippen molar-refractivity contribution in [3.8, 4) is 22.6 Å². The highest BCUT2D eigenvalue weighted by Crippen LogP contribution is 2.29. The number of methoxy groups -OCH3 is 1. The van der Waals surface area contributed by atoms with Crippen LogP contribution in [0.5, 0.6) is 11.5 Å². The highest BCUT2D eigenvalue weighted by molar-refractivity contribution is 5.83. The maximum absolute atomic E-state index is 13.9. The Hall–Kier alpha value is -2.69. The van der Waals surface area contributed by atoms with E-state index in [0.717, 1.165) is 12.1 Å². The van der Waals surface area contributed by atoms with Crippen LogP contribution in [0.1, 0.15) is 0 Å². The number of rotatable bonds is 4. The summed E-state index contributed by atoms with van der Waals surface area (Å²) in [4.78, 5) is 11.0. The summed E-state index contributed by atoms with van der Waals surface area (Å²) in [5.74, 6) is -1.94. The van der Waals surface area contributed by atoms with Crippen LogP contribution >= 0.6 is 0 Å². The average molecular weight is 290 g/mol. The summed E-state index contributed by atoms with van der Waals surface area (Å²) in [7, 11) is 1.43. The van der Waals surface area contributed by atoms with Gasteiger partial charge < -0.3 is 9.47 Å². The second kappa shape index (κ2) is 6.17. The molecule has 0 radical (unpaired) electrons. The number of benzene rings is 2. The lowest BCUT2D eigenvalue weighted by molar-refractivity contribution is -0.129. The minimum atomic E-state index is -0.766. The number of ether oxygens (including phenoxy) is 2. The zero-order valence-corrected chi connectivity index (χ0v) is 11.2. The van der Waals surface area contributed by atoms with E-state index in [9.17, 15) is 13.6 Å². The molecule has 0 saturated heterocycles. The van der Waals surface area contributed by atoms with Gasteiger partial charge in [-0.05, 0) is 29.8 Å². The summed E-state index contributed by atoms with van der Waals surface area (Å²) in [6.07, 6.45) is 0.927. The zero-order valence-electron chi connectivity index (χ0n) is 11.2. The SMILES string of the molecule is C=CC(=O)Oc1ccc(-c2ccc(OC)cc2F)cc1F. The molecule has 5 heteroatoms. The number of hydrogen-bond acceptors (Lipinski definition) is 3. The monoisotopic (exact) mass is 290 g/mol. The lowest BCUT2D eigenvalue weighted by atomic mass is 10.0. The van der Waals surface area contributed by atoms with Crippen molar-refractivity contribution in [1.29, 1.82) is 0 Å². The Morgan fingerprint density at radius 2 is 1.90 bits per heavy atom. The number of carbonyl (C=O) groups is 1. The first kappa shape index (κ1) is 14.7. The highest BCUT2D eigenvalue weighted by atomic mass is 19.1. The smallest absolute Gasteiger partial charge is 0.335 e. The molecule has 0 bridgehead atoms. The number of carbonyl (C=O) groups excluding carboxylic acids is 1. The quantitative estimate of drug-likeness (QED) is 0.489. The molecule has 0 N–H and O–H groups in total. The van der Waals surface area contributed by atoms with Crippen molar-refractivity contribution in [3.63, 3.8) is 0 Å². The molecule has 0 aliphatic heterocycles. The van der Waals surface area contributed by atoms with Gasteiger partial charge in [0, 0.05) is 17.7 Å². The van der Waals surface area contributed by atoms with Gasteiger partial charge in [-0.15, -0.1) is 0 Å². The molecule has 0 heterocycles. The van der Waals surface area contributed by atoms with Gasteiger partial charge in [-0.25, -0.2) is 13.6 Å². The van der Waals surface area contributed by atoms with Crippen LogP contribution in [-0.4, -0.2) is 13.1 Å². The Kier molecular flexibility index (Phi) is 4.33. The molecule has 21 heavy (non-hydrogen) atoms. The van der Waals surface area contributed by atoms with Crippen LogP contribution < -0.4 is 9.47 Å². The van der Waals surface area contributed by atoms with E-state index < -0.39 is 17.6 Å². The maximum atomic E-state index is 13.9. The van der Waals surface area contributed by atoms with Gasteiger partial charge in [0.25, 0.3) is 0 Å². The predicted octanol–water partition coefficient (Wildman–Crippen LogP) is 3.73. The fourth-order valence-electron chi connectivity index (χ4n) is 1.76. The Balaban J connectivity index is 2.36. The summed E-state index contributed by atoms with van der Waals surface area (Å²) in [6, 6.07) is 8.07. The first-order valence-electron chi connectivity index (χ1n) is 6.03. The number of hydrogen-bond donors (Lipinski definition) is 0. The van der Waals surface area contributed by atoms with E-state index in [1.165, 1.54) is 31.4 Å². The Morgan fingerprint density at radius 3 is 2.48 bits per heavy atom. The van der Waals surface area contributed by atoms with Gasteiger partial charge in [0.05, 0.1) is 7.11 Å². The van der Waals surface area contributed by atoms with Gasteiger partial charge in [-0.1, -0.05) is 12.6 Å². The second-order valence-electron chi connectivity index (χ2n) is 4.12. The minimum absolute atomic E-state index is 0.219. The minimum Gasteiger partial charge on any atom is -0.497 e. The molecule has 0 saturated carbocycles. The van der Waals surface area contributed by atoms with Crippen LogP contribution in [0.25, 0.3) is 11.1 Å². The highest BCUT2D eigenvalue weighted by Gasteiger charge is 2.12. The van der Waals surface area contributed by atoms with Crippen molar-refractivity contribution in [2.45, 2.75) is 0 Å². The van der Waals surface area contributed by atoms with E-state index >= 15 is 0 Å². The first-order valence-corrected chi connectivity index (χ1v) is 6.03. The molecular formula is C16H12F2O3. The van der Waals surface area contributed by atoms with Crippen LogP contribution in [0.2, 0.25) is 0 Å². The normalized spacial score (nSPS) is 10.0. The van der Waals surface area contributed by atoms with Gasteiger partial charge >= 0.3 is 5.97 Å². The predicted molar refractivity (Wildman–Crippen MR) is 74.2 cm³/mol. The van der Waals surface area contributed by atoms with Gasteiger partial charge in [-0.3, -0.25) is 0 Å². The van der Waals surface area contributed by atoms with Crippen molar-refractivity contribution in [2.75, 3.05) is 7.11 Å². The molecule has 0 fully saturated rings. The lowest BCUT2D eigenvalue weighted by Crippen LogP contribution is -2.04. The van der Waals surface area contributed by atoms with E-state index in [-0.39, 0.29) is 11.3 Å². The molecule has 2 aromatic carbocycles. The van der Waals surface area contributed by atoms with E-state index in [1.807, 2.05) is 0 Å². The van der Waals surface area contributed by atoms with Crippen LogP contribution in [0.15, 0.2) is 49.1 Å². The molecule has 0 aliphatic carbocycles. The van der Waals surface area contributed by atoms with Gasteiger partial charge in [0.2, 0.25) is 0 Å². The van der Waals surface area contributed by atoms with Crippen molar-refractivity contribution in [2.24, 2.45) is 0 Å². The van der Waals surface area contributed by atoms with Crippen molar-refractivity contribution in [3.05, 3.63) is 60.7 Å². The third-order valence-electron chi connectivity index (χ3n) is 2.80. The molecule has 0 aromatic heterocycles. The van der Waals surface area contributed by atoms with Crippen LogP contribution in [0.4, 0.5) is 8.78 Å². The summed E-state index contributed by atoms with van der Waals surface area (Å²) >= 11 is 0. The average Bonchev–Trinajstić information content (AvgIpc) is 2.49. The Bertz CT molecular complexity index is 696.